The van der Waals surface area contributed by atoms with Crippen LogP contribution >= 0.6 is 23.6 Å². The molecular formula is C22H17N3O6S2. The monoisotopic (exact) mass is 483 g/mol. The first-order valence-corrected chi connectivity index (χ1v) is 11.1. The van der Waals surface area contributed by atoms with Crippen LogP contribution in [-0.2, 0) is 14.3 Å². The summed E-state index contributed by atoms with van der Waals surface area (Å²) in [6, 6.07) is 11.5. The van der Waals surface area contributed by atoms with Gasteiger partial charge in [0.15, 0.2) is 10.00 Å². The Morgan fingerprint density at radius 3 is 2.70 bits per heavy atom. The van der Waals surface area contributed by atoms with Crippen molar-refractivity contribution >= 4 is 46.7 Å². The standard InChI is InChI=1S/C22H17N3O6S2/c1-2-10-31-21(28)17(12-6-4-3-5-7-12)24-20(27)18(33-22(24)32)16-14-11-13(25(29)30)8-9-15(14)23-19(16)26/h3-9,11,17,27H,2,10H2,1H3. The van der Waals surface area contributed by atoms with E-state index in [1.165, 1.54) is 22.8 Å². The summed E-state index contributed by atoms with van der Waals surface area (Å²) >= 11 is 6.38. The van der Waals surface area contributed by atoms with Gasteiger partial charge in [0.25, 0.3) is 11.6 Å². The summed E-state index contributed by atoms with van der Waals surface area (Å²) in [5.74, 6) is -1.68. The molecule has 1 aromatic heterocycles. The first kappa shape index (κ1) is 22.5. The van der Waals surface area contributed by atoms with Crippen LogP contribution in [0.4, 0.5) is 5.69 Å². The predicted molar refractivity (Wildman–Crippen MR) is 122 cm³/mol. The molecule has 1 atom stereocenters. The highest BCUT2D eigenvalue weighted by Crippen LogP contribution is 2.37. The number of esters is 1. The molecule has 1 unspecified atom stereocenters. The molecule has 1 aliphatic rings. The van der Waals surface area contributed by atoms with Crippen molar-refractivity contribution in [3.05, 3.63) is 83.6 Å². The molecule has 3 aromatic rings. The second-order valence-electron chi connectivity index (χ2n) is 7.12. The Kier molecular flexibility index (Phi) is 6.16. The number of non-ortho nitro benzene ring substituents is 1. The van der Waals surface area contributed by atoms with E-state index in [1.807, 2.05) is 6.92 Å². The third kappa shape index (κ3) is 4.08. The van der Waals surface area contributed by atoms with E-state index in [0.717, 1.165) is 11.3 Å². The second kappa shape index (κ2) is 9.04. The molecular weight excluding hydrogens is 466 g/mol. The van der Waals surface area contributed by atoms with Gasteiger partial charge < -0.3 is 9.84 Å². The van der Waals surface area contributed by atoms with E-state index in [-0.39, 0.29) is 37.3 Å². The molecule has 9 nitrogen and oxygen atoms in total. The fourth-order valence-corrected chi connectivity index (χ4v) is 4.91. The van der Waals surface area contributed by atoms with E-state index in [2.05, 4.69) is 4.99 Å². The van der Waals surface area contributed by atoms with Crippen LogP contribution in [0.1, 0.15) is 29.8 Å². The van der Waals surface area contributed by atoms with Crippen LogP contribution in [0.5, 0.6) is 5.88 Å². The Morgan fingerprint density at radius 1 is 1.30 bits per heavy atom. The van der Waals surface area contributed by atoms with Crippen LogP contribution in [0.25, 0.3) is 5.57 Å². The molecule has 0 aliphatic carbocycles. The minimum Gasteiger partial charge on any atom is -0.493 e. The average molecular weight is 484 g/mol. The number of aromatic hydroxyl groups is 1. The molecule has 2 heterocycles. The van der Waals surface area contributed by atoms with Gasteiger partial charge in [-0.1, -0.05) is 37.3 Å². The fraction of sp³-hybridized carbons (Fsp3) is 0.182. The zero-order valence-corrected chi connectivity index (χ0v) is 18.9. The van der Waals surface area contributed by atoms with Crippen molar-refractivity contribution in [1.82, 2.24) is 4.57 Å². The van der Waals surface area contributed by atoms with Crippen LogP contribution in [0.3, 0.4) is 0 Å². The molecule has 0 fully saturated rings. The van der Waals surface area contributed by atoms with Crippen molar-refractivity contribution in [2.45, 2.75) is 19.4 Å². The molecule has 4 rings (SSSR count). The number of nitro benzene ring substituents is 1. The van der Waals surface area contributed by atoms with Crippen LogP contribution in [0, 0.1) is 14.1 Å². The van der Waals surface area contributed by atoms with Gasteiger partial charge in [0.1, 0.15) is 4.88 Å². The van der Waals surface area contributed by atoms with E-state index >= 15 is 0 Å². The zero-order chi connectivity index (χ0) is 23.7. The molecule has 168 valence electrons. The number of hydrogen-bond donors (Lipinski definition) is 1. The molecule has 2 aromatic carbocycles. The normalized spacial score (nSPS) is 13.4. The van der Waals surface area contributed by atoms with Crippen molar-refractivity contribution in [2.75, 3.05) is 6.61 Å². The number of rotatable bonds is 7. The van der Waals surface area contributed by atoms with E-state index in [0.29, 0.717) is 12.0 Å². The van der Waals surface area contributed by atoms with Crippen LogP contribution < -0.4 is 10.6 Å². The van der Waals surface area contributed by atoms with Crippen LogP contribution in [-0.4, -0.2) is 33.1 Å². The number of carbonyl (C=O) groups excluding carboxylic acids is 2. The van der Waals surface area contributed by atoms with Crippen molar-refractivity contribution in [1.29, 1.82) is 0 Å². The SMILES string of the molecule is CCCOC(=O)C(c1ccccc1)n1c(O)c(C2=c3cc([N+](=O)[O-])ccc3=NC2=O)sc1=S. The van der Waals surface area contributed by atoms with Gasteiger partial charge in [0, 0.05) is 17.4 Å². The molecule has 0 radical (unpaired) electrons. The summed E-state index contributed by atoms with van der Waals surface area (Å²) in [5, 5.41) is 22.8. The molecule has 11 heteroatoms. The van der Waals surface area contributed by atoms with E-state index < -0.39 is 28.7 Å². The number of aromatic nitrogens is 1. The van der Waals surface area contributed by atoms with E-state index in [9.17, 15) is 24.8 Å². The Balaban J connectivity index is 1.93. The summed E-state index contributed by atoms with van der Waals surface area (Å²) < 4.78 is 6.71. The number of hydrogen-bond acceptors (Lipinski definition) is 8. The lowest BCUT2D eigenvalue weighted by atomic mass is 10.1. The number of amides is 1. The molecule has 1 amide bonds. The summed E-state index contributed by atoms with van der Waals surface area (Å²) in [7, 11) is 0. The summed E-state index contributed by atoms with van der Waals surface area (Å²) in [4.78, 5) is 40.3. The maximum absolute atomic E-state index is 13.0. The predicted octanol–water partition coefficient (Wildman–Crippen LogP) is 2.79. The van der Waals surface area contributed by atoms with Gasteiger partial charge in [-0.05, 0) is 30.3 Å². The van der Waals surface area contributed by atoms with Gasteiger partial charge >= 0.3 is 5.97 Å². The molecule has 1 aliphatic heterocycles. The van der Waals surface area contributed by atoms with Crippen LogP contribution in [0.2, 0.25) is 0 Å². The third-order valence-corrected chi connectivity index (χ3v) is 6.39. The number of nitro groups is 1. The van der Waals surface area contributed by atoms with Gasteiger partial charge in [0.05, 0.1) is 22.5 Å². The molecule has 0 saturated heterocycles. The maximum Gasteiger partial charge on any atom is 0.334 e. The van der Waals surface area contributed by atoms with Crippen LogP contribution in [0.15, 0.2) is 53.5 Å². The maximum atomic E-state index is 13.0. The van der Waals surface area contributed by atoms with Gasteiger partial charge in [-0.3, -0.25) is 19.5 Å². The zero-order valence-electron chi connectivity index (χ0n) is 17.3. The Hall–Kier alpha value is -3.70. The number of carbonyl (C=O) groups is 2. The minimum atomic E-state index is -1.08. The van der Waals surface area contributed by atoms with Gasteiger partial charge in [-0.25, -0.2) is 9.79 Å². The molecule has 0 saturated carbocycles. The Labute approximate surface area is 196 Å². The summed E-state index contributed by atoms with van der Waals surface area (Å²) in [6.07, 6.45) is 0.614. The molecule has 1 N–H and O–H groups in total. The van der Waals surface area contributed by atoms with Crippen molar-refractivity contribution in [2.24, 2.45) is 4.99 Å². The van der Waals surface area contributed by atoms with E-state index in [1.54, 1.807) is 30.3 Å². The molecule has 0 spiro atoms. The van der Waals surface area contributed by atoms with Gasteiger partial charge in [-0.15, -0.1) is 11.3 Å². The smallest absolute Gasteiger partial charge is 0.334 e. The third-order valence-electron chi connectivity index (χ3n) is 4.99. The number of fused-ring (bicyclic) bond motifs is 1. The summed E-state index contributed by atoms with van der Waals surface area (Å²) in [5.41, 5.74) is 0.316. The lowest BCUT2D eigenvalue weighted by Crippen LogP contribution is -2.24. The van der Waals surface area contributed by atoms with Gasteiger partial charge in [0.2, 0.25) is 5.88 Å². The van der Waals surface area contributed by atoms with E-state index in [4.69, 9.17) is 17.0 Å². The number of benzene rings is 2. The lowest BCUT2D eigenvalue weighted by molar-refractivity contribution is -0.385. The average Bonchev–Trinajstić information content (AvgIpc) is 3.27. The highest BCUT2D eigenvalue weighted by atomic mass is 32.1. The Bertz CT molecular complexity index is 1460. The highest BCUT2D eigenvalue weighted by Gasteiger charge is 2.32. The molecule has 0 bridgehead atoms. The number of nitrogens with zero attached hydrogens (tertiary/aromatic N) is 3. The Morgan fingerprint density at radius 2 is 2.03 bits per heavy atom. The van der Waals surface area contributed by atoms with Crippen molar-refractivity contribution < 1.29 is 24.4 Å². The van der Waals surface area contributed by atoms with Gasteiger partial charge in [-0.2, -0.15) is 0 Å². The quantitative estimate of drug-likeness (QED) is 0.237. The largest absolute Gasteiger partial charge is 0.493 e. The fourth-order valence-electron chi connectivity index (χ4n) is 3.51. The van der Waals surface area contributed by atoms with Crippen molar-refractivity contribution in [3.63, 3.8) is 0 Å². The number of thiazole rings is 1. The second-order valence-corrected chi connectivity index (χ2v) is 8.77. The first-order valence-electron chi connectivity index (χ1n) is 9.91. The lowest BCUT2D eigenvalue weighted by Gasteiger charge is -2.19. The number of ether oxygens (including phenoxy) is 1. The van der Waals surface area contributed by atoms with Crippen molar-refractivity contribution in [3.8, 4) is 5.88 Å². The summed E-state index contributed by atoms with van der Waals surface area (Å²) in [6.45, 7) is 2.05. The molecule has 33 heavy (non-hydrogen) atoms. The minimum absolute atomic E-state index is 0.00483. The first-order chi connectivity index (χ1) is 15.8. The topological polar surface area (TPSA) is 124 Å². The highest BCUT2D eigenvalue weighted by molar-refractivity contribution is 7.73.